The molecule has 0 bridgehead atoms. The second kappa shape index (κ2) is 10.5. The number of hydrogen-bond donors (Lipinski definition) is 1. The maximum absolute atomic E-state index is 13.5. The Balaban J connectivity index is 1.96. The SMILES string of the molecule is CC=CC(=O)N(NC(=O)c1ccc(OC)c(OC)c1)C1CC(=O)N(c2ccccc2C(F)(F)F)C1=O. The molecule has 1 aliphatic heterocycles. The third kappa shape index (κ3) is 5.16. The summed E-state index contributed by atoms with van der Waals surface area (Å²) in [5, 5.41) is 0.634. The third-order valence-electron chi connectivity index (χ3n) is 5.30. The first-order valence-electron chi connectivity index (χ1n) is 10.5. The molecule has 2 aromatic carbocycles. The van der Waals surface area contributed by atoms with Gasteiger partial charge in [0.05, 0.1) is 31.9 Å². The fourth-order valence-corrected chi connectivity index (χ4v) is 3.64. The second-order valence-electron chi connectivity index (χ2n) is 7.52. The molecule has 0 saturated carbocycles. The van der Waals surface area contributed by atoms with Crippen LogP contribution in [0.15, 0.2) is 54.6 Å². The topological polar surface area (TPSA) is 105 Å². The summed E-state index contributed by atoms with van der Waals surface area (Å²) in [4.78, 5) is 52.0. The van der Waals surface area contributed by atoms with Crippen molar-refractivity contribution in [3.63, 3.8) is 0 Å². The first-order chi connectivity index (χ1) is 17.0. The van der Waals surface area contributed by atoms with E-state index in [1.165, 1.54) is 51.5 Å². The summed E-state index contributed by atoms with van der Waals surface area (Å²) >= 11 is 0. The van der Waals surface area contributed by atoms with Gasteiger partial charge in [-0.2, -0.15) is 13.2 Å². The van der Waals surface area contributed by atoms with Gasteiger partial charge in [-0.25, -0.2) is 9.91 Å². The van der Waals surface area contributed by atoms with Crippen molar-refractivity contribution >= 4 is 29.3 Å². The predicted octanol–water partition coefficient (Wildman–Crippen LogP) is 3.10. The van der Waals surface area contributed by atoms with Crippen LogP contribution in [0.4, 0.5) is 18.9 Å². The number of halogens is 3. The summed E-state index contributed by atoms with van der Waals surface area (Å²) in [5.41, 5.74) is 0.474. The minimum atomic E-state index is -4.84. The van der Waals surface area contributed by atoms with E-state index in [1.807, 2.05) is 0 Å². The van der Waals surface area contributed by atoms with E-state index in [2.05, 4.69) is 5.43 Å². The lowest BCUT2D eigenvalue weighted by Crippen LogP contribution is -2.54. The molecule has 1 saturated heterocycles. The largest absolute Gasteiger partial charge is 0.493 e. The second-order valence-corrected chi connectivity index (χ2v) is 7.52. The van der Waals surface area contributed by atoms with E-state index in [1.54, 1.807) is 0 Å². The zero-order valence-corrected chi connectivity index (χ0v) is 19.5. The van der Waals surface area contributed by atoms with Crippen molar-refractivity contribution in [2.24, 2.45) is 0 Å². The number of nitrogens with zero attached hydrogens (tertiary/aromatic N) is 2. The maximum atomic E-state index is 13.5. The predicted molar refractivity (Wildman–Crippen MR) is 121 cm³/mol. The van der Waals surface area contributed by atoms with Crippen LogP contribution in [-0.2, 0) is 20.6 Å². The van der Waals surface area contributed by atoms with Crippen LogP contribution in [0.3, 0.4) is 0 Å². The van der Waals surface area contributed by atoms with E-state index >= 15 is 0 Å². The lowest BCUT2D eigenvalue weighted by atomic mass is 10.1. The zero-order chi connectivity index (χ0) is 26.6. The van der Waals surface area contributed by atoms with Crippen molar-refractivity contribution in [1.29, 1.82) is 0 Å². The first kappa shape index (κ1) is 26.3. The Kier molecular flexibility index (Phi) is 7.66. The number of anilines is 1. The molecule has 36 heavy (non-hydrogen) atoms. The number of benzene rings is 2. The van der Waals surface area contributed by atoms with E-state index in [0.29, 0.717) is 15.7 Å². The molecule has 0 aliphatic carbocycles. The standard InChI is InChI=1S/C24H22F3N3O6/c1-4-7-20(31)30(28-22(33)14-10-11-18(35-2)19(12-14)36-3)17-13-21(32)29(23(17)34)16-9-6-5-8-15(16)24(25,26)27/h4-12,17H,13H2,1-3H3,(H,28,33). The highest BCUT2D eigenvalue weighted by molar-refractivity contribution is 6.23. The molecule has 1 heterocycles. The summed E-state index contributed by atoms with van der Waals surface area (Å²) in [6, 6.07) is 6.69. The van der Waals surface area contributed by atoms with E-state index in [4.69, 9.17) is 9.47 Å². The number of para-hydroxylation sites is 1. The van der Waals surface area contributed by atoms with Crippen LogP contribution < -0.4 is 19.8 Å². The number of rotatable bonds is 6. The molecule has 0 aromatic heterocycles. The monoisotopic (exact) mass is 505 g/mol. The Morgan fingerprint density at radius 3 is 2.36 bits per heavy atom. The van der Waals surface area contributed by atoms with Crippen LogP contribution in [0.25, 0.3) is 0 Å². The molecule has 190 valence electrons. The molecule has 1 fully saturated rings. The van der Waals surface area contributed by atoms with Crippen LogP contribution in [-0.4, -0.2) is 48.9 Å². The number of methoxy groups -OCH3 is 2. The molecule has 1 aliphatic rings. The quantitative estimate of drug-likeness (QED) is 0.368. The van der Waals surface area contributed by atoms with Crippen molar-refractivity contribution in [1.82, 2.24) is 10.4 Å². The van der Waals surface area contributed by atoms with Gasteiger partial charge in [-0.05, 0) is 37.3 Å². The Labute approximate surface area is 204 Å². The minimum absolute atomic E-state index is 0.0296. The third-order valence-corrected chi connectivity index (χ3v) is 5.30. The number of hydrazine groups is 1. The number of amides is 4. The van der Waals surface area contributed by atoms with Crippen LogP contribution in [0.2, 0.25) is 0 Å². The number of allylic oxidation sites excluding steroid dienone is 1. The molecule has 1 N–H and O–H groups in total. The number of ether oxygens (including phenoxy) is 2. The summed E-state index contributed by atoms with van der Waals surface area (Å²) < 4.78 is 50.8. The smallest absolute Gasteiger partial charge is 0.418 e. The van der Waals surface area contributed by atoms with Crippen molar-refractivity contribution in [2.75, 3.05) is 19.1 Å². The van der Waals surface area contributed by atoms with Crippen LogP contribution in [0.5, 0.6) is 11.5 Å². The molecule has 12 heteroatoms. The van der Waals surface area contributed by atoms with Crippen molar-refractivity contribution < 1.29 is 41.8 Å². The fourth-order valence-electron chi connectivity index (χ4n) is 3.64. The van der Waals surface area contributed by atoms with Gasteiger partial charge in [0.2, 0.25) is 5.91 Å². The van der Waals surface area contributed by atoms with Crippen molar-refractivity contribution in [3.8, 4) is 11.5 Å². The Morgan fingerprint density at radius 1 is 1.08 bits per heavy atom. The minimum Gasteiger partial charge on any atom is -0.493 e. The average molecular weight is 505 g/mol. The number of hydrogen-bond acceptors (Lipinski definition) is 6. The fraction of sp³-hybridized carbons (Fsp3) is 0.250. The Bertz CT molecular complexity index is 1230. The van der Waals surface area contributed by atoms with E-state index < -0.39 is 53.5 Å². The van der Waals surface area contributed by atoms with Crippen LogP contribution >= 0.6 is 0 Å². The number of imide groups is 1. The average Bonchev–Trinajstić information content (AvgIpc) is 3.14. The summed E-state index contributed by atoms with van der Waals surface area (Å²) in [7, 11) is 2.76. The van der Waals surface area contributed by atoms with Crippen LogP contribution in [0, 0.1) is 0 Å². The van der Waals surface area contributed by atoms with E-state index in [-0.39, 0.29) is 11.3 Å². The van der Waals surface area contributed by atoms with Gasteiger partial charge in [0.25, 0.3) is 17.7 Å². The molecular formula is C24H22F3N3O6. The van der Waals surface area contributed by atoms with Gasteiger partial charge in [0, 0.05) is 11.6 Å². The highest BCUT2D eigenvalue weighted by atomic mass is 19.4. The van der Waals surface area contributed by atoms with Gasteiger partial charge in [-0.15, -0.1) is 0 Å². The van der Waals surface area contributed by atoms with Gasteiger partial charge in [0.1, 0.15) is 6.04 Å². The van der Waals surface area contributed by atoms with Gasteiger partial charge >= 0.3 is 6.18 Å². The van der Waals surface area contributed by atoms with Crippen molar-refractivity contribution in [2.45, 2.75) is 25.6 Å². The molecular weight excluding hydrogens is 483 g/mol. The molecule has 2 aromatic rings. The maximum Gasteiger partial charge on any atom is 0.418 e. The Hall–Kier alpha value is -4.35. The normalized spacial score (nSPS) is 15.8. The zero-order valence-electron chi connectivity index (χ0n) is 19.5. The van der Waals surface area contributed by atoms with Gasteiger partial charge in [-0.1, -0.05) is 18.2 Å². The summed E-state index contributed by atoms with van der Waals surface area (Å²) in [6.45, 7) is 1.51. The number of alkyl halides is 3. The number of carbonyl (C=O) groups excluding carboxylic acids is 4. The summed E-state index contributed by atoms with van der Waals surface area (Å²) in [5.74, 6) is -3.18. The van der Waals surface area contributed by atoms with Crippen molar-refractivity contribution in [3.05, 3.63) is 65.7 Å². The first-order valence-corrected chi connectivity index (χ1v) is 10.5. The molecule has 1 atom stereocenters. The van der Waals surface area contributed by atoms with E-state index in [9.17, 15) is 32.3 Å². The van der Waals surface area contributed by atoms with Gasteiger partial charge in [0.15, 0.2) is 11.5 Å². The molecule has 0 radical (unpaired) electrons. The lowest BCUT2D eigenvalue weighted by Gasteiger charge is -2.27. The lowest BCUT2D eigenvalue weighted by molar-refractivity contribution is -0.138. The van der Waals surface area contributed by atoms with Gasteiger partial charge in [-0.3, -0.25) is 24.6 Å². The molecule has 3 rings (SSSR count). The molecule has 1 unspecified atom stereocenters. The highest BCUT2D eigenvalue weighted by Gasteiger charge is 2.47. The highest BCUT2D eigenvalue weighted by Crippen LogP contribution is 2.38. The number of nitrogens with one attached hydrogen (secondary N) is 1. The van der Waals surface area contributed by atoms with E-state index in [0.717, 1.165) is 24.3 Å². The molecule has 0 spiro atoms. The molecule has 4 amide bonds. The number of carbonyl (C=O) groups is 4. The van der Waals surface area contributed by atoms with Gasteiger partial charge < -0.3 is 9.47 Å². The van der Waals surface area contributed by atoms with Crippen LogP contribution in [0.1, 0.15) is 29.3 Å². The summed E-state index contributed by atoms with van der Waals surface area (Å²) in [6.07, 6.45) is -3.09. The molecule has 9 nitrogen and oxygen atoms in total. The Morgan fingerprint density at radius 2 is 1.75 bits per heavy atom.